The smallest absolute Gasteiger partial charge is 0.310 e. The van der Waals surface area contributed by atoms with Crippen LogP contribution in [-0.4, -0.2) is 22.9 Å². The van der Waals surface area contributed by atoms with Crippen molar-refractivity contribution in [3.63, 3.8) is 0 Å². The molecule has 1 N–H and O–H groups in total. The number of fused-ring (bicyclic) bond motifs is 1. The monoisotopic (exact) mass is 224 g/mol. The molecule has 0 bridgehead atoms. The highest BCUT2D eigenvalue weighted by molar-refractivity contribution is 5.93. The Hall–Kier alpha value is -1.85. The van der Waals surface area contributed by atoms with Crippen LogP contribution in [0.5, 0.6) is 0 Å². The van der Waals surface area contributed by atoms with E-state index in [0.717, 1.165) is 0 Å². The average Bonchev–Trinajstić information content (AvgIpc) is 2.56. The quantitative estimate of drug-likeness (QED) is 0.548. The first-order valence-electron chi connectivity index (χ1n) is 5.04. The number of nitro groups is 1. The number of ketones is 1. The Bertz CT molecular complexity index is 411. The average molecular weight is 224 g/mol. The van der Waals surface area contributed by atoms with Gasteiger partial charge in [0.05, 0.1) is 4.92 Å². The van der Waals surface area contributed by atoms with Crippen molar-refractivity contribution >= 4 is 5.78 Å². The molecule has 2 unspecified atom stereocenters. The highest BCUT2D eigenvalue weighted by atomic mass is 16.6. The predicted octanol–water partition coefficient (Wildman–Crippen LogP) is 0.584. The van der Waals surface area contributed by atoms with E-state index in [-0.39, 0.29) is 23.2 Å². The Morgan fingerprint density at radius 2 is 2.25 bits per heavy atom. The summed E-state index contributed by atoms with van der Waals surface area (Å²) in [6, 6.07) is -0.696. The Labute approximate surface area is 92.1 Å². The summed E-state index contributed by atoms with van der Waals surface area (Å²) in [5.74, 6) is -0.00898. The molecule has 0 spiro atoms. The van der Waals surface area contributed by atoms with Crippen molar-refractivity contribution in [3.8, 4) is 0 Å². The van der Waals surface area contributed by atoms with E-state index in [2.05, 4.69) is 5.32 Å². The van der Waals surface area contributed by atoms with Crippen LogP contribution in [0.2, 0.25) is 0 Å². The van der Waals surface area contributed by atoms with Crippen molar-refractivity contribution in [2.75, 3.05) is 0 Å². The van der Waals surface area contributed by atoms with Crippen LogP contribution in [0.1, 0.15) is 13.8 Å². The number of hydrogen-bond acceptors (Lipinski definition) is 5. The van der Waals surface area contributed by atoms with Gasteiger partial charge in [0.15, 0.2) is 12.1 Å². The molecule has 6 nitrogen and oxygen atoms in total. The van der Waals surface area contributed by atoms with Crippen LogP contribution in [-0.2, 0) is 9.53 Å². The summed E-state index contributed by atoms with van der Waals surface area (Å²) in [5.41, 5.74) is -0.139. The summed E-state index contributed by atoms with van der Waals surface area (Å²) in [6.07, 6.45) is 2.13. The molecule has 1 saturated heterocycles. The highest BCUT2D eigenvalue weighted by Gasteiger charge is 2.46. The number of ether oxygens (including phenoxy) is 1. The molecule has 0 aromatic rings. The first-order chi connectivity index (χ1) is 7.52. The minimum atomic E-state index is -0.696. The maximum atomic E-state index is 11.9. The normalized spacial score (nSPS) is 27.8. The SMILES string of the molecule is CC(C)C1OC2=C([N+](=O)[O-])C=CNC2C1=O. The lowest BCUT2D eigenvalue weighted by Crippen LogP contribution is -2.37. The van der Waals surface area contributed by atoms with E-state index in [1.165, 1.54) is 12.3 Å². The molecule has 86 valence electrons. The number of dihydropyridines is 1. The van der Waals surface area contributed by atoms with Crippen LogP contribution < -0.4 is 5.32 Å². The zero-order chi connectivity index (χ0) is 11.9. The molecule has 2 aliphatic heterocycles. The first-order valence-corrected chi connectivity index (χ1v) is 5.04. The van der Waals surface area contributed by atoms with Gasteiger partial charge >= 0.3 is 5.70 Å². The Kier molecular flexibility index (Phi) is 2.41. The molecule has 0 saturated carbocycles. The van der Waals surface area contributed by atoms with Crippen LogP contribution in [0.15, 0.2) is 23.7 Å². The molecule has 0 aromatic carbocycles. The Balaban J connectivity index is 2.39. The second-order valence-corrected chi connectivity index (χ2v) is 4.12. The van der Waals surface area contributed by atoms with Gasteiger partial charge in [-0.25, -0.2) is 0 Å². The molecular formula is C10H12N2O4. The largest absolute Gasteiger partial charge is 0.477 e. The van der Waals surface area contributed by atoms with Gasteiger partial charge in [-0.1, -0.05) is 13.8 Å². The number of Topliss-reactive ketones (excluding diaryl/α,β-unsaturated/α-hetero) is 1. The lowest BCUT2D eigenvalue weighted by molar-refractivity contribution is -0.422. The standard InChI is InChI=1S/C10H12N2O4/c1-5(2)9-8(13)7-10(16-9)6(12(14)15)3-4-11-7/h3-5,7,9,11H,1-2H3. The minimum absolute atomic E-state index is 0.000374. The summed E-state index contributed by atoms with van der Waals surface area (Å²) in [6.45, 7) is 3.69. The summed E-state index contributed by atoms with van der Waals surface area (Å²) < 4.78 is 5.39. The number of hydrogen-bond donors (Lipinski definition) is 1. The third-order valence-corrected chi connectivity index (χ3v) is 2.64. The zero-order valence-electron chi connectivity index (χ0n) is 8.97. The molecule has 6 heteroatoms. The van der Waals surface area contributed by atoms with Crippen molar-refractivity contribution in [3.05, 3.63) is 33.8 Å². The van der Waals surface area contributed by atoms with Gasteiger partial charge in [-0.05, 0) is 5.92 Å². The van der Waals surface area contributed by atoms with Gasteiger partial charge in [0, 0.05) is 12.3 Å². The molecule has 0 aromatic heterocycles. The fraction of sp³-hybridized carbons (Fsp3) is 0.500. The van der Waals surface area contributed by atoms with Crippen molar-refractivity contribution in [1.82, 2.24) is 5.32 Å². The van der Waals surface area contributed by atoms with Gasteiger partial charge in [0.25, 0.3) is 0 Å². The molecule has 16 heavy (non-hydrogen) atoms. The van der Waals surface area contributed by atoms with E-state index in [9.17, 15) is 14.9 Å². The van der Waals surface area contributed by atoms with Gasteiger partial charge in [-0.15, -0.1) is 0 Å². The highest BCUT2D eigenvalue weighted by Crippen LogP contribution is 2.30. The van der Waals surface area contributed by atoms with Gasteiger partial charge in [0.2, 0.25) is 11.5 Å². The van der Waals surface area contributed by atoms with Crippen LogP contribution >= 0.6 is 0 Å². The Morgan fingerprint density at radius 3 is 2.81 bits per heavy atom. The zero-order valence-corrected chi connectivity index (χ0v) is 8.97. The second kappa shape index (κ2) is 3.62. The fourth-order valence-corrected chi connectivity index (χ4v) is 1.84. The van der Waals surface area contributed by atoms with Crippen LogP contribution in [0, 0.1) is 16.0 Å². The van der Waals surface area contributed by atoms with E-state index >= 15 is 0 Å². The number of rotatable bonds is 2. The van der Waals surface area contributed by atoms with Crippen molar-refractivity contribution in [1.29, 1.82) is 0 Å². The molecular weight excluding hydrogens is 212 g/mol. The summed E-state index contributed by atoms with van der Waals surface area (Å²) in [7, 11) is 0. The van der Waals surface area contributed by atoms with Crippen LogP contribution in [0.3, 0.4) is 0 Å². The van der Waals surface area contributed by atoms with Crippen molar-refractivity contribution in [2.45, 2.75) is 26.0 Å². The van der Waals surface area contributed by atoms with E-state index in [4.69, 9.17) is 4.74 Å². The lowest BCUT2D eigenvalue weighted by Gasteiger charge is -2.12. The molecule has 0 aliphatic carbocycles. The summed E-state index contributed by atoms with van der Waals surface area (Å²) >= 11 is 0. The molecule has 0 amide bonds. The third kappa shape index (κ3) is 1.46. The maximum Gasteiger partial charge on any atom is 0.310 e. The first kappa shape index (κ1) is 10.7. The predicted molar refractivity (Wildman–Crippen MR) is 54.8 cm³/mol. The number of allylic oxidation sites excluding steroid dienone is 1. The molecule has 0 radical (unpaired) electrons. The summed E-state index contributed by atoms with van der Waals surface area (Å²) in [4.78, 5) is 22.1. The van der Waals surface area contributed by atoms with Gasteiger partial charge in [-0.2, -0.15) is 0 Å². The molecule has 2 rings (SSSR count). The number of nitrogens with one attached hydrogen (secondary N) is 1. The van der Waals surface area contributed by atoms with Gasteiger partial charge in [0.1, 0.15) is 0 Å². The van der Waals surface area contributed by atoms with Crippen molar-refractivity contribution < 1.29 is 14.5 Å². The van der Waals surface area contributed by atoms with E-state index < -0.39 is 17.1 Å². The molecule has 2 heterocycles. The van der Waals surface area contributed by atoms with Crippen LogP contribution in [0.25, 0.3) is 0 Å². The molecule has 1 fully saturated rings. The summed E-state index contributed by atoms with van der Waals surface area (Å²) in [5, 5.41) is 13.5. The second-order valence-electron chi connectivity index (χ2n) is 4.12. The maximum absolute atomic E-state index is 11.9. The van der Waals surface area contributed by atoms with E-state index in [1.54, 1.807) is 0 Å². The van der Waals surface area contributed by atoms with Gasteiger partial charge < -0.3 is 10.1 Å². The van der Waals surface area contributed by atoms with Crippen molar-refractivity contribution in [2.24, 2.45) is 5.92 Å². The third-order valence-electron chi connectivity index (χ3n) is 2.64. The van der Waals surface area contributed by atoms with E-state index in [0.29, 0.717) is 0 Å². The molecule has 2 atom stereocenters. The van der Waals surface area contributed by atoms with Crippen LogP contribution in [0.4, 0.5) is 0 Å². The lowest BCUT2D eigenvalue weighted by atomic mass is 9.99. The molecule has 2 aliphatic rings. The van der Waals surface area contributed by atoms with E-state index in [1.807, 2.05) is 13.8 Å². The number of carbonyl (C=O) groups is 1. The number of carbonyl (C=O) groups excluding carboxylic acids is 1. The van der Waals surface area contributed by atoms with Gasteiger partial charge in [-0.3, -0.25) is 14.9 Å². The fourth-order valence-electron chi connectivity index (χ4n) is 1.84. The number of nitrogens with zero attached hydrogens (tertiary/aromatic N) is 1. The Morgan fingerprint density at radius 1 is 1.56 bits per heavy atom. The minimum Gasteiger partial charge on any atom is -0.477 e. The topological polar surface area (TPSA) is 81.5 Å².